The lowest BCUT2D eigenvalue weighted by molar-refractivity contribution is -0.128. The molecule has 3 aromatic rings. The highest BCUT2D eigenvalue weighted by molar-refractivity contribution is 5.94. The van der Waals surface area contributed by atoms with E-state index in [0.717, 1.165) is 24.7 Å². The molecule has 10 nitrogen and oxygen atoms in total. The number of nitrogens with one attached hydrogen (secondary N) is 2. The zero-order valence-electron chi connectivity index (χ0n) is 20.4. The summed E-state index contributed by atoms with van der Waals surface area (Å²) in [5.74, 6) is 0.0117. The van der Waals surface area contributed by atoms with Crippen LogP contribution in [0.3, 0.4) is 0 Å². The van der Waals surface area contributed by atoms with E-state index in [1.165, 1.54) is 13.2 Å². The summed E-state index contributed by atoms with van der Waals surface area (Å²) in [5.41, 5.74) is 1.22. The predicted molar refractivity (Wildman–Crippen MR) is 129 cm³/mol. The van der Waals surface area contributed by atoms with Gasteiger partial charge in [-0.3, -0.25) is 19.7 Å². The number of amides is 2. The average Bonchev–Trinajstić information content (AvgIpc) is 3.50. The second kappa shape index (κ2) is 9.13. The van der Waals surface area contributed by atoms with E-state index in [0.29, 0.717) is 43.9 Å². The van der Waals surface area contributed by atoms with Crippen LogP contribution in [0.25, 0.3) is 11.3 Å². The molecule has 1 aliphatic carbocycles. The van der Waals surface area contributed by atoms with Gasteiger partial charge in [-0.1, -0.05) is 0 Å². The zero-order chi connectivity index (χ0) is 25.6. The summed E-state index contributed by atoms with van der Waals surface area (Å²) in [6.07, 6.45) is 6.30. The van der Waals surface area contributed by atoms with Crippen molar-refractivity contribution < 1.29 is 23.5 Å². The highest BCUT2D eigenvalue weighted by atomic mass is 19.1. The second-order valence-corrected chi connectivity index (χ2v) is 9.83. The lowest BCUT2D eigenvalue weighted by Gasteiger charge is -2.40. The SMILES string of the molecule is COc1cc(-c2cc(C(=O)N3CC[C@H](C(=O)N[C@@H]4CCOc5cccnc54)CC34CC4)n[nH]2)c(F)cn1. The first-order chi connectivity index (χ1) is 18.0. The fourth-order valence-electron chi connectivity index (χ4n) is 5.44. The summed E-state index contributed by atoms with van der Waals surface area (Å²) < 4.78 is 25.1. The minimum absolute atomic E-state index is 0.00829. The van der Waals surface area contributed by atoms with E-state index < -0.39 is 5.82 Å². The quantitative estimate of drug-likeness (QED) is 0.545. The molecular weight excluding hydrogens is 479 g/mol. The van der Waals surface area contributed by atoms with Crippen LogP contribution < -0.4 is 14.8 Å². The third-order valence-corrected chi connectivity index (χ3v) is 7.58. The van der Waals surface area contributed by atoms with Gasteiger partial charge in [-0.25, -0.2) is 9.37 Å². The van der Waals surface area contributed by atoms with Crippen LogP contribution in [0.5, 0.6) is 11.6 Å². The minimum Gasteiger partial charge on any atom is -0.491 e. The number of carbonyl (C=O) groups excluding carboxylic acids is 2. The molecule has 1 spiro atoms. The predicted octanol–water partition coefficient (Wildman–Crippen LogP) is 3.04. The Morgan fingerprint density at radius 2 is 2.14 bits per heavy atom. The number of piperidine rings is 1. The molecule has 2 fully saturated rings. The molecule has 0 radical (unpaired) electrons. The monoisotopic (exact) mass is 506 g/mol. The number of hydrogen-bond acceptors (Lipinski definition) is 7. The van der Waals surface area contributed by atoms with Crippen molar-refractivity contribution >= 4 is 11.8 Å². The highest BCUT2D eigenvalue weighted by Gasteiger charge is 2.55. The number of aromatic amines is 1. The number of hydrogen-bond donors (Lipinski definition) is 2. The van der Waals surface area contributed by atoms with Crippen LogP contribution in [0.4, 0.5) is 4.39 Å². The summed E-state index contributed by atoms with van der Waals surface area (Å²) in [4.78, 5) is 36.8. The maximum Gasteiger partial charge on any atom is 0.274 e. The van der Waals surface area contributed by atoms with Crippen LogP contribution >= 0.6 is 0 Å². The molecule has 2 amide bonds. The molecule has 37 heavy (non-hydrogen) atoms. The maximum absolute atomic E-state index is 14.3. The number of nitrogens with zero attached hydrogens (tertiary/aromatic N) is 4. The molecule has 1 saturated carbocycles. The van der Waals surface area contributed by atoms with Gasteiger partial charge in [0.05, 0.1) is 31.6 Å². The van der Waals surface area contributed by atoms with E-state index in [1.54, 1.807) is 12.3 Å². The van der Waals surface area contributed by atoms with Crippen molar-refractivity contribution in [3.8, 4) is 22.9 Å². The van der Waals surface area contributed by atoms with Gasteiger partial charge in [-0.05, 0) is 43.9 Å². The zero-order valence-corrected chi connectivity index (χ0v) is 20.4. The third-order valence-electron chi connectivity index (χ3n) is 7.58. The van der Waals surface area contributed by atoms with Crippen LogP contribution in [-0.4, -0.2) is 62.7 Å². The number of likely N-dealkylation sites (tertiary alicyclic amines) is 1. The number of pyridine rings is 2. The molecule has 11 heteroatoms. The lowest BCUT2D eigenvalue weighted by atomic mass is 9.87. The maximum atomic E-state index is 14.3. The molecule has 2 atom stereocenters. The standard InChI is InChI=1S/C26H27FN6O4/c1-36-22-11-16(17(27)14-29-22)19-12-20(32-31-19)25(35)33-9-4-15(13-26(33)6-7-26)24(34)30-18-5-10-37-21-3-2-8-28-23(18)21/h2-3,8,11-12,14-15,18H,4-7,9-10,13H2,1H3,(H,30,34)(H,31,32)/t15-,18+/m0/s1. The van der Waals surface area contributed by atoms with Gasteiger partial charge < -0.3 is 19.7 Å². The van der Waals surface area contributed by atoms with E-state index >= 15 is 0 Å². The van der Waals surface area contributed by atoms with Crippen LogP contribution in [0, 0.1) is 11.7 Å². The molecular formula is C26H27FN6O4. The Hall–Kier alpha value is -4.02. The average molecular weight is 507 g/mol. The molecule has 3 aromatic heterocycles. The van der Waals surface area contributed by atoms with Crippen molar-refractivity contribution in [3.63, 3.8) is 0 Å². The van der Waals surface area contributed by atoms with Gasteiger partial charge in [0, 0.05) is 42.2 Å². The van der Waals surface area contributed by atoms with E-state index in [9.17, 15) is 14.0 Å². The molecule has 0 bridgehead atoms. The van der Waals surface area contributed by atoms with E-state index in [4.69, 9.17) is 9.47 Å². The molecule has 0 unspecified atom stereocenters. The third kappa shape index (κ3) is 4.28. The summed E-state index contributed by atoms with van der Waals surface area (Å²) in [5, 5.41) is 10.1. The van der Waals surface area contributed by atoms with Gasteiger partial charge in [0.1, 0.15) is 11.4 Å². The van der Waals surface area contributed by atoms with E-state index in [-0.39, 0.29) is 46.5 Å². The number of ether oxygens (including phenoxy) is 2. The first kappa shape index (κ1) is 23.4. The van der Waals surface area contributed by atoms with Gasteiger partial charge in [-0.2, -0.15) is 5.10 Å². The smallest absolute Gasteiger partial charge is 0.274 e. The fraction of sp³-hybridized carbons (Fsp3) is 0.423. The first-order valence-electron chi connectivity index (χ1n) is 12.4. The number of rotatable bonds is 5. The van der Waals surface area contributed by atoms with Gasteiger partial charge >= 0.3 is 0 Å². The number of halogens is 1. The summed E-state index contributed by atoms with van der Waals surface area (Å²) in [6.45, 7) is 0.988. The molecule has 6 rings (SSSR count). The largest absolute Gasteiger partial charge is 0.491 e. The summed E-state index contributed by atoms with van der Waals surface area (Å²) in [6, 6.07) is 6.51. The van der Waals surface area contributed by atoms with Crippen molar-refractivity contribution in [3.05, 3.63) is 53.9 Å². The van der Waals surface area contributed by atoms with Gasteiger partial charge in [0.15, 0.2) is 11.5 Å². The molecule has 192 valence electrons. The topological polar surface area (TPSA) is 122 Å². The molecule has 0 aromatic carbocycles. The molecule has 1 saturated heterocycles. The van der Waals surface area contributed by atoms with E-state index in [2.05, 4.69) is 25.5 Å². The van der Waals surface area contributed by atoms with Crippen molar-refractivity contribution in [2.45, 2.75) is 43.7 Å². The minimum atomic E-state index is -0.545. The van der Waals surface area contributed by atoms with Crippen LogP contribution in [-0.2, 0) is 4.79 Å². The Balaban J connectivity index is 1.14. The number of fused-ring (bicyclic) bond motifs is 1. The molecule has 5 heterocycles. The summed E-state index contributed by atoms with van der Waals surface area (Å²) >= 11 is 0. The van der Waals surface area contributed by atoms with Crippen LogP contribution in [0.1, 0.15) is 54.3 Å². The normalized spacial score (nSPS) is 21.6. The Morgan fingerprint density at radius 3 is 2.95 bits per heavy atom. The van der Waals surface area contributed by atoms with Crippen LogP contribution in [0.15, 0.2) is 36.7 Å². The van der Waals surface area contributed by atoms with Crippen LogP contribution in [0.2, 0.25) is 0 Å². The Labute approximate surface area is 212 Å². The van der Waals surface area contributed by atoms with Gasteiger partial charge in [0.25, 0.3) is 5.91 Å². The van der Waals surface area contributed by atoms with E-state index in [1.807, 2.05) is 17.0 Å². The van der Waals surface area contributed by atoms with Crippen molar-refractivity contribution in [2.24, 2.45) is 5.92 Å². The van der Waals surface area contributed by atoms with Crippen molar-refractivity contribution in [1.29, 1.82) is 0 Å². The van der Waals surface area contributed by atoms with Gasteiger partial charge in [0.2, 0.25) is 11.8 Å². The number of aromatic nitrogens is 4. The van der Waals surface area contributed by atoms with Crippen molar-refractivity contribution in [2.75, 3.05) is 20.3 Å². The Bertz CT molecular complexity index is 1360. The highest BCUT2D eigenvalue weighted by Crippen LogP contribution is 2.50. The Morgan fingerprint density at radius 1 is 1.27 bits per heavy atom. The second-order valence-electron chi connectivity index (χ2n) is 9.83. The Kier molecular flexibility index (Phi) is 5.77. The van der Waals surface area contributed by atoms with Crippen molar-refractivity contribution in [1.82, 2.24) is 30.4 Å². The fourth-order valence-corrected chi connectivity index (χ4v) is 5.44. The molecule has 3 aliphatic rings. The van der Waals surface area contributed by atoms with Gasteiger partial charge in [-0.15, -0.1) is 0 Å². The number of H-pyrrole nitrogens is 1. The first-order valence-corrected chi connectivity index (χ1v) is 12.4. The summed E-state index contributed by atoms with van der Waals surface area (Å²) in [7, 11) is 1.45. The molecule has 2 N–H and O–H groups in total. The number of methoxy groups -OCH3 is 1. The molecule has 2 aliphatic heterocycles. The number of carbonyl (C=O) groups is 2. The lowest BCUT2D eigenvalue weighted by Crippen LogP contribution is -2.51.